The van der Waals surface area contributed by atoms with Crippen LogP contribution in [-0.2, 0) is 15.0 Å². The lowest BCUT2D eigenvalue weighted by atomic mass is 9.82. The zero-order valence-corrected chi connectivity index (χ0v) is 15.1. The molecular formula is C20H26O3. The maximum Gasteiger partial charge on any atom is 0.339 e. The fraction of sp³-hybridized carbons (Fsp3) is 0.500. The number of allylic oxidation sites excluding steroid dienone is 1. The molecule has 0 unspecified atom stereocenters. The molecule has 1 aromatic carbocycles. The minimum atomic E-state index is -1.12. The van der Waals surface area contributed by atoms with Crippen LogP contribution in [-0.4, -0.2) is 16.9 Å². The fourth-order valence-corrected chi connectivity index (χ4v) is 3.22. The van der Waals surface area contributed by atoms with Gasteiger partial charge in [0, 0.05) is 5.41 Å². The Morgan fingerprint density at radius 3 is 2.09 bits per heavy atom. The summed E-state index contributed by atoms with van der Waals surface area (Å²) in [5.74, 6) is -1.43. The van der Waals surface area contributed by atoms with E-state index in [0.29, 0.717) is 12.0 Å². The third-order valence-corrected chi connectivity index (χ3v) is 4.73. The van der Waals surface area contributed by atoms with Gasteiger partial charge in [-0.1, -0.05) is 46.8 Å². The van der Waals surface area contributed by atoms with Crippen LogP contribution < -0.4 is 0 Å². The van der Waals surface area contributed by atoms with E-state index in [0.717, 1.165) is 16.7 Å². The first kappa shape index (κ1) is 17.5. The average molecular weight is 314 g/mol. The molecule has 0 saturated carbocycles. The number of benzene rings is 1. The van der Waals surface area contributed by atoms with Crippen molar-refractivity contribution in [1.29, 1.82) is 0 Å². The molecule has 0 heterocycles. The van der Waals surface area contributed by atoms with E-state index in [-0.39, 0.29) is 16.8 Å². The molecule has 0 amide bonds. The molecule has 1 N–H and O–H groups in total. The second-order valence-corrected chi connectivity index (χ2v) is 8.28. The van der Waals surface area contributed by atoms with Crippen molar-refractivity contribution in [2.75, 3.05) is 0 Å². The summed E-state index contributed by atoms with van der Waals surface area (Å²) in [4.78, 5) is 24.6. The third kappa shape index (κ3) is 2.97. The van der Waals surface area contributed by atoms with Gasteiger partial charge in [0.25, 0.3) is 0 Å². The van der Waals surface area contributed by atoms with Crippen molar-refractivity contribution < 1.29 is 14.7 Å². The van der Waals surface area contributed by atoms with Crippen molar-refractivity contribution in [2.24, 2.45) is 5.41 Å². The number of hydrogen-bond donors (Lipinski definition) is 1. The molecular weight excluding hydrogens is 288 g/mol. The largest absolute Gasteiger partial charge is 0.478 e. The molecule has 0 bridgehead atoms. The molecule has 1 aromatic rings. The number of carboxylic acids is 1. The number of aliphatic carboxylic acids is 1. The van der Waals surface area contributed by atoms with Crippen molar-refractivity contribution in [3.05, 3.63) is 40.0 Å². The normalized spacial score (nSPS) is 18.6. The fourth-order valence-electron chi connectivity index (χ4n) is 3.22. The van der Waals surface area contributed by atoms with Gasteiger partial charge in [-0.15, -0.1) is 0 Å². The number of Topliss-reactive ketones (excluding diaryl/α,β-unsaturated/α-hetero) is 1. The van der Waals surface area contributed by atoms with Crippen molar-refractivity contribution in [3.63, 3.8) is 0 Å². The summed E-state index contributed by atoms with van der Waals surface area (Å²) in [6.07, 6.45) is 0.578. The first-order chi connectivity index (χ1) is 10.4. The second kappa shape index (κ2) is 5.33. The molecule has 23 heavy (non-hydrogen) atoms. The van der Waals surface area contributed by atoms with Gasteiger partial charge in [-0.05, 0) is 53.5 Å². The Bertz CT molecular complexity index is 728. The van der Waals surface area contributed by atoms with Gasteiger partial charge in [0.05, 0.1) is 0 Å². The van der Waals surface area contributed by atoms with Crippen molar-refractivity contribution >= 4 is 17.3 Å². The summed E-state index contributed by atoms with van der Waals surface area (Å²) < 4.78 is 0. The highest BCUT2D eigenvalue weighted by atomic mass is 16.4. The lowest BCUT2D eigenvalue weighted by molar-refractivity contribution is -0.136. The molecule has 0 aliphatic heterocycles. The highest BCUT2D eigenvalue weighted by Gasteiger charge is 2.40. The molecule has 3 heteroatoms. The van der Waals surface area contributed by atoms with Gasteiger partial charge in [-0.25, -0.2) is 4.79 Å². The van der Waals surface area contributed by atoms with Crippen LogP contribution in [0.2, 0.25) is 0 Å². The summed E-state index contributed by atoms with van der Waals surface area (Å²) in [7, 11) is 0. The smallest absolute Gasteiger partial charge is 0.339 e. The molecule has 2 rings (SSSR count). The third-order valence-electron chi connectivity index (χ3n) is 4.73. The lowest BCUT2D eigenvalue weighted by Gasteiger charge is -2.20. The number of carbonyl (C=O) groups is 2. The zero-order valence-electron chi connectivity index (χ0n) is 15.1. The number of fused-ring (bicyclic) bond motifs is 1. The maximum absolute atomic E-state index is 12.7. The summed E-state index contributed by atoms with van der Waals surface area (Å²) >= 11 is 0. The van der Waals surface area contributed by atoms with Crippen molar-refractivity contribution in [1.82, 2.24) is 0 Å². The van der Waals surface area contributed by atoms with Crippen LogP contribution in [0.1, 0.15) is 63.3 Å². The van der Waals surface area contributed by atoms with Crippen LogP contribution in [0.3, 0.4) is 0 Å². The van der Waals surface area contributed by atoms with E-state index in [9.17, 15) is 14.7 Å². The highest BCUT2D eigenvalue weighted by Crippen LogP contribution is 2.48. The van der Waals surface area contributed by atoms with Crippen LogP contribution in [0.25, 0.3) is 5.57 Å². The topological polar surface area (TPSA) is 54.4 Å². The molecule has 0 radical (unpaired) electrons. The number of carboxylic acid groups (broad SMARTS) is 1. The Morgan fingerprint density at radius 1 is 1.09 bits per heavy atom. The number of rotatable bonds is 2. The Hall–Kier alpha value is -1.90. The number of hydrogen-bond acceptors (Lipinski definition) is 2. The zero-order chi connectivity index (χ0) is 17.7. The molecule has 1 aliphatic rings. The quantitative estimate of drug-likeness (QED) is 0.499. The lowest BCUT2D eigenvalue weighted by Crippen LogP contribution is -2.27. The van der Waals surface area contributed by atoms with E-state index in [1.807, 2.05) is 13.0 Å². The van der Waals surface area contributed by atoms with Crippen molar-refractivity contribution in [2.45, 2.75) is 60.3 Å². The van der Waals surface area contributed by atoms with Gasteiger partial charge in [0.15, 0.2) is 5.78 Å². The predicted molar refractivity (Wildman–Crippen MR) is 92.6 cm³/mol. The molecule has 0 atom stereocenters. The molecule has 124 valence electrons. The van der Waals surface area contributed by atoms with Crippen LogP contribution in [0.15, 0.2) is 17.7 Å². The van der Waals surface area contributed by atoms with Crippen LogP contribution in [0.5, 0.6) is 0 Å². The van der Waals surface area contributed by atoms with E-state index < -0.39 is 11.4 Å². The second-order valence-electron chi connectivity index (χ2n) is 8.28. The molecule has 0 saturated heterocycles. The number of aryl methyl sites for hydroxylation is 2. The minimum absolute atomic E-state index is 0.0485. The van der Waals surface area contributed by atoms with Crippen LogP contribution in [0, 0.1) is 19.3 Å². The first-order valence-corrected chi connectivity index (χ1v) is 7.99. The highest BCUT2D eigenvalue weighted by molar-refractivity contribution is 6.24. The summed E-state index contributed by atoms with van der Waals surface area (Å²) in [5, 5.41) is 9.71. The van der Waals surface area contributed by atoms with E-state index >= 15 is 0 Å². The van der Waals surface area contributed by atoms with Crippen molar-refractivity contribution in [3.8, 4) is 0 Å². The van der Waals surface area contributed by atoms with Crippen LogP contribution >= 0.6 is 0 Å². The Kier molecular flexibility index (Phi) is 4.04. The monoisotopic (exact) mass is 314 g/mol. The van der Waals surface area contributed by atoms with Gasteiger partial charge < -0.3 is 5.11 Å². The standard InChI is InChI=1S/C20H26O3/c1-11-8-13-14(10-20(6,7)15(13)9-12(11)2)16(18(22)23)17(21)19(3,4)5/h8-9H,10H2,1-7H3,(H,22,23). The molecule has 0 spiro atoms. The van der Waals surface area contributed by atoms with Gasteiger partial charge >= 0.3 is 5.97 Å². The predicted octanol–water partition coefficient (Wildman–Crippen LogP) is 4.44. The van der Waals surface area contributed by atoms with Gasteiger partial charge in [0.2, 0.25) is 0 Å². The Morgan fingerprint density at radius 2 is 1.61 bits per heavy atom. The summed E-state index contributed by atoms with van der Waals surface area (Å²) in [6.45, 7) is 13.6. The van der Waals surface area contributed by atoms with Gasteiger partial charge in [-0.3, -0.25) is 4.79 Å². The molecule has 0 aromatic heterocycles. The SMILES string of the molecule is Cc1cc2c(cc1C)C(C)(C)CC2=C(C(=O)O)C(=O)C(C)(C)C. The van der Waals surface area contributed by atoms with E-state index in [2.05, 4.69) is 26.8 Å². The van der Waals surface area contributed by atoms with Gasteiger partial charge in [-0.2, -0.15) is 0 Å². The number of carbonyl (C=O) groups excluding carboxylic acids is 1. The van der Waals surface area contributed by atoms with Gasteiger partial charge in [0.1, 0.15) is 5.57 Å². The minimum Gasteiger partial charge on any atom is -0.478 e. The van der Waals surface area contributed by atoms with Crippen LogP contribution in [0.4, 0.5) is 0 Å². The number of ketones is 1. The molecule has 1 aliphatic carbocycles. The molecule has 0 fully saturated rings. The van der Waals surface area contributed by atoms with E-state index in [1.165, 1.54) is 5.56 Å². The summed E-state index contributed by atoms with van der Waals surface area (Å²) in [6, 6.07) is 4.17. The average Bonchev–Trinajstić information content (AvgIpc) is 2.61. The Balaban J connectivity index is 2.81. The first-order valence-electron chi connectivity index (χ1n) is 7.99. The van der Waals surface area contributed by atoms with E-state index in [4.69, 9.17) is 0 Å². The molecule has 3 nitrogen and oxygen atoms in total. The Labute approximate surface area is 138 Å². The van der Waals surface area contributed by atoms with E-state index in [1.54, 1.807) is 20.8 Å². The summed E-state index contributed by atoms with van der Waals surface area (Å²) in [5.41, 5.74) is 4.12. The maximum atomic E-state index is 12.7.